The molecule has 2 aromatic heterocycles. The third-order valence-corrected chi connectivity index (χ3v) is 6.41. The maximum absolute atomic E-state index is 14.4. The minimum absolute atomic E-state index is 0.0140. The second kappa shape index (κ2) is 9.15. The molecule has 2 fully saturated rings. The molecular formula is C24H29F2N7O. The molecule has 0 saturated heterocycles. The van der Waals surface area contributed by atoms with Crippen LogP contribution in [0.25, 0.3) is 11.2 Å². The van der Waals surface area contributed by atoms with Crippen LogP contribution >= 0.6 is 0 Å². The van der Waals surface area contributed by atoms with Crippen molar-refractivity contribution in [1.82, 2.24) is 24.8 Å². The number of carbonyl (C=O) groups excluding carboxylic acids is 1. The molecule has 2 heterocycles. The van der Waals surface area contributed by atoms with E-state index < -0.39 is 11.6 Å². The third-order valence-electron chi connectivity index (χ3n) is 6.41. The van der Waals surface area contributed by atoms with E-state index in [1.807, 2.05) is 18.4 Å². The SMILES string of the molecule is CC(C)Nc1ncc2nc(Nc3c(F)cccc3F)n(C3CCC(C(=O)NC4CC4)CC3)c2n1. The fourth-order valence-corrected chi connectivity index (χ4v) is 4.52. The zero-order valence-corrected chi connectivity index (χ0v) is 19.3. The van der Waals surface area contributed by atoms with Gasteiger partial charge in [-0.15, -0.1) is 0 Å². The average Bonchev–Trinajstić information content (AvgIpc) is 3.54. The van der Waals surface area contributed by atoms with E-state index in [0.29, 0.717) is 29.1 Å². The molecule has 10 heteroatoms. The largest absolute Gasteiger partial charge is 0.353 e. The van der Waals surface area contributed by atoms with E-state index in [2.05, 4.69) is 30.9 Å². The van der Waals surface area contributed by atoms with Crippen LogP contribution in [0.5, 0.6) is 0 Å². The molecule has 2 aliphatic carbocycles. The number of nitrogens with zero attached hydrogens (tertiary/aromatic N) is 4. The van der Waals surface area contributed by atoms with Crippen molar-refractivity contribution >= 4 is 34.7 Å². The van der Waals surface area contributed by atoms with E-state index in [-0.39, 0.29) is 29.6 Å². The number of nitrogens with one attached hydrogen (secondary N) is 3. The lowest BCUT2D eigenvalue weighted by atomic mass is 9.85. The molecule has 2 aliphatic rings. The van der Waals surface area contributed by atoms with Crippen LogP contribution in [0, 0.1) is 17.6 Å². The maximum Gasteiger partial charge on any atom is 0.224 e. The van der Waals surface area contributed by atoms with Crippen molar-refractivity contribution in [2.75, 3.05) is 10.6 Å². The zero-order chi connectivity index (χ0) is 23.8. The summed E-state index contributed by atoms with van der Waals surface area (Å²) in [6.45, 7) is 3.99. The van der Waals surface area contributed by atoms with Crippen LogP contribution in [0.4, 0.5) is 26.4 Å². The number of carbonyl (C=O) groups is 1. The molecule has 1 aromatic carbocycles. The molecular weight excluding hydrogens is 440 g/mol. The average molecular weight is 470 g/mol. The standard InChI is InChI=1S/C24H29F2N7O/c1-13(2)28-23-27-12-19-21(32-23)33(24(30-19)31-20-17(25)4-3-5-18(20)26)16-10-6-14(7-11-16)22(34)29-15-8-9-15/h3-5,12-16H,6-11H2,1-2H3,(H,29,34)(H,30,31)(H,27,28,32). The van der Waals surface area contributed by atoms with Crippen molar-refractivity contribution < 1.29 is 13.6 Å². The van der Waals surface area contributed by atoms with Crippen LogP contribution in [-0.4, -0.2) is 37.5 Å². The molecule has 8 nitrogen and oxygen atoms in total. The predicted molar refractivity (Wildman–Crippen MR) is 126 cm³/mol. The zero-order valence-electron chi connectivity index (χ0n) is 19.3. The number of imidazole rings is 1. The number of aromatic nitrogens is 4. The Hall–Kier alpha value is -3.30. The Morgan fingerprint density at radius 1 is 1.06 bits per heavy atom. The quantitative estimate of drug-likeness (QED) is 0.465. The highest BCUT2D eigenvalue weighted by atomic mass is 19.1. The number of para-hydroxylation sites is 1. The summed E-state index contributed by atoms with van der Waals surface area (Å²) in [7, 11) is 0. The Labute approximate surface area is 196 Å². The van der Waals surface area contributed by atoms with Crippen molar-refractivity contribution in [2.45, 2.75) is 70.5 Å². The lowest BCUT2D eigenvalue weighted by Crippen LogP contribution is -2.35. The highest BCUT2D eigenvalue weighted by Gasteiger charge is 2.33. The monoisotopic (exact) mass is 469 g/mol. The van der Waals surface area contributed by atoms with Crippen molar-refractivity contribution in [1.29, 1.82) is 0 Å². The van der Waals surface area contributed by atoms with Crippen LogP contribution < -0.4 is 16.0 Å². The predicted octanol–water partition coefficient (Wildman–Crippen LogP) is 4.68. The molecule has 0 bridgehead atoms. The van der Waals surface area contributed by atoms with E-state index >= 15 is 0 Å². The fraction of sp³-hybridized carbons (Fsp3) is 0.500. The smallest absolute Gasteiger partial charge is 0.224 e. The Balaban J connectivity index is 1.47. The summed E-state index contributed by atoms with van der Waals surface area (Å²) in [6.07, 6.45) is 6.68. The van der Waals surface area contributed by atoms with Gasteiger partial charge in [0.15, 0.2) is 5.65 Å². The number of benzene rings is 1. The van der Waals surface area contributed by atoms with Gasteiger partial charge in [0.25, 0.3) is 0 Å². The number of anilines is 3. The van der Waals surface area contributed by atoms with Crippen LogP contribution in [0.2, 0.25) is 0 Å². The van der Waals surface area contributed by atoms with Gasteiger partial charge in [-0.2, -0.15) is 4.98 Å². The summed E-state index contributed by atoms with van der Waals surface area (Å²) in [5, 5.41) is 9.15. The van der Waals surface area contributed by atoms with Gasteiger partial charge < -0.3 is 16.0 Å². The van der Waals surface area contributed by atoms with Gasteiger partial charge in [0.1, 0.15) is 22.8 Å². The molecule has 0 unspecified atom stereocenters. The van der Waals surface area contributed by atoms with Gasteiger partial charge in [0.2, 0.25) is 17.8 Å². The second-order valence-corrected chi connectivity index (χ2v) is 9.52. The molecule has 0 radical (unpaired) electrons. The van der Waals surface area contributed by atoms with Gasteiger partial charge in [0, 0.05) is 24.0 Å². The second-order valence-electron chi connectivity index (χ2n) is 9.52. The van der Waals surface area contributed by atoms with E-state index in [4.69, 9.17) is 0 Å². The number of hydrogen-bond donors (Lipinski definition) is 3. The minimum atomic E-state index is -0.702. The Morgan fingerprint density at radius 2 is 1.76 bits per heavy atom. The number of hydrogen-bond acceptors (Lipinski definition) is 6. The normalized spacial score (nSPS) is 20.5. The van der Waals surface area contributed by atoms with Gasteiger partial charge in [0.05, 0.1) is 6.20 Å². The van der Waals surface area contributed by atoms with Crippen molar-refractivity contribution in [3.8, 4) is 0 Å². The molecule has 3 N–H and O–H groups in total. The number of fused-ring (bicyclic) bond motifs is 1. The number of rotatable bonds is 7. The summed E-state index contributed by atoms with van der Waals surface area (Å²) in [5.74, 6) is -0.515. The molecule has 34 heavy (non-hydrogen) atoms. The summed E-state index contributed by atoms with van der Waals surface area (Å²) < 4.78 is 30.7. The molecule has 0 aliphatic heterocycles. The maximum atomic E-state index is 14.4. The highest BCUT2D eigenvalue weighted by molar-refractivity contribution is 5.79. The first-order valence-electron chi connectivity index (χ1n) is 11.9. The van der Waals surface area contributed by atoms with Gasteiger partial charge >= 0.3 is 0 Å². The number of amides is 1. The van der Waals surface area contributed by atoms with Crippen molar-refractivity contribution in [3.63, 3.8) is 0 Å². The first-order valence-corrected chi connectivity index (χ1v) is 11.9. The molecule has 3 aromatic rings. The molecule has 2 saturated carbocycles. The van der Waals surface area contributed by atoms with Crippen LogP contribution in [0.15, 0.2) is 24.4 Å². The third kappa shape index (κ3) is 4.67. The van der Waals surface area contributed by atoms with E-state index in [9.17, 15) is 13.6 Å². The summed E-state index contributed by atoms with van der Waals surface area (Å²) in [4.78, 5) is 26.1. The lowest BCUT2D eigenvalue weighted by Gasteiger charge is -2.30. The van der Waals surface area contributed by atoms with Gasteiger partial charge in [-0.1, -0.05) is 6.07 Å². The summed E-state index contributed by atoms with van der Waals surface area (Å²) in [5.41, 5.74) is 0.857. The van der Waals surface area contributed by atoms with Crippen molar-refractivity contribution in [3.05, 3.63) is 36.0 Å². The minimum Gasteiger partial charge on any atom is -0.353 e. The van der Waals surface area contributed by atoms with Gasteiger partial charge in [-0.25, -0.2) is 18.7 Å². The van der Waals surface area contributed by atoms with Crippen LogP contribution in [0.1, 0.15) is 58.4 Å². The summed E-state index contributed by atoms with van der Waals surface area (Å²) in [6, 6.07) is 4.19. The summed E-state index contributed by atoms with van der Waals surface area (Å²) >= 11 is 0. The molecule has 1 amide bonds. The van der Waals surface area contributed by atoms with Crippen molar-refractivity contribution in [2.24, 2.45) is 5.92 Å². The van der Waals surface area contributed by atoms with E-state index in [1.165, 1.54) is 18.2 Å². The topological polar surface area (TPSA) is 96.8 Å². The van der Waals surface area contributed by atoms with E-state index in [1.54, 1.807) is 6.20 Å². The van der Waals surface area contributed by atoms with Gasteiger partial charge in [-0.3, -0.25) is 9.36 Å². The van der Waals surface area contributed by atoms with E-state index in [0.717, 1.165) is 38.5 Å². The molecule has 5 rings (SSSR count). The lowest BCUT2D eigenvalue weighted by molar-refractivity contribution is -0.126. The molecule has 0 spiro atoms. The van der Waals surface area contributed by atoms with Gasteiger partial charge in [-0.05, 0) is 64.5 Å². The van der Waals surface area contributed by atoms with Crippen LogP contribution in [-0.2, 0) is 4.79 Å². The molecule has 0 atom stereocenters. The fourth-order valence-electron chi connectivity index (χ4n) is 4.52. The first-order chi connectivity index (χ1) is 16.4. The Bertz CT molecular complexity index is 1180. The number of halogens is 2. The Kier molecular flexibility index (Phi) is 6.05. The highest BCUT2D eigenvalue weighted by Crippen LogP contribution is 2.38. The molecule has 180 valence electrons. The first kappa shape index (κ1) is 22.5. The van der Waals surface area contributed by atoms with Crippen LogP contribution in [0.3, 0.4) is 0 Å². The Morgan fingerprint density at radius 3 is 2.41 bits per heavy atom.